The van der Waals surface area contributed by atoms with E-state index in [0.717, 1.165) is 6.54 Å². The minimum absolute atomic E-state index is 0.326. The number of nitrogens with one attached hydrogen (secondary N) is 1. The highest BCUT2D eigenvalue weighted by Gasteiger charge is 2.24. The van der Waals surface area contributed by atoms with Crippen LogP contribution in [0.5, 0.6) is 0 Å². The molecule has 0 radical (unpaired) electrons. The van der Waals surface area contributed by atoms with Crippen LogP contribution in [0.1, 0.15) is 22.7 Å². The number of halogens is 1. The van der Waals surface area contributed by atoms with E-state index in [4.69, 9.17) is 0 Å². The summed E-state index contributed by atoms with van der Waals surface area (Å²) in [6.45, 7) is 0.953. The summed E-state index contributed by atoms with van der Waals surface area (Å²) >= 11 is 3.64. The minimum atomic E-state index is 0.326. The van der Waals surface area contributed by atoms with Crippen molar-refractivity contribution in [1.82, 2.24) is 5.32 Å². The average molecular weight is 274 g/mol. The molecule has 2 aromatic rings. The second-order valence-electron chi connectivity index (χ2n) is 4.04. The molecule has 0 bridgehead atoms. The topological polar surface area (TPSA) is 12.0 Å². The molecule has 1 aliphatic rings. The van der Waals surface area contributed by atoms with Gasteiger partial charge in [0, 0.05) is 11.0 Å². The van der Waals surface area contributed by atoms with E-state index in [1.165, 1.54) is 21.2 Å². The SMILES string of the molecule is Brc1cccc2c1C(c1ccccc1)NC2. The normalized spacial score (nSPS) is 18.4. The molecule has 1 aliphatic heterocycles. The number of hydrogen-bond donors (Lipinski definition) is 1. The Morgan fingerprint density at radius 3 is 2.62 bits per heavy atom. The Bertz CT molecular complexity index is 507. The lowest BCUT2D eigenvalue weighted by molar-refractivity contribution is 0.666. The maximum Gasteiger partial charge on any atom is 0.0593 e. The van der Waals surface area contributed by atoms with Gasteiger partial charge in [0.1, 0.15) is 0 Å². The van der Waals surface area contributed by atoms with E-state index >= 15 is 0 Å². The van der Waals surface area contributed by atoms with Gasteiger partial charge in [-0.15, -0.1) is 0 Å². The smallest absolute Gasteiger partial charge is 0.0593 e. The molecule has 2 aromatic carbocycles. The van der Waals surface area contributed by atoms with Crippen LogP contribution < -0.4 is 5.32 Å². The van der Waals surface area contributed by atoms with E-state index in [1.54, 1.807) is 0 Å². The van der Waals surface area contributed by atoms with Crippen LogP contribution >= 0.6 is 15.9 Å². The third-order valence-corrected chi connectivity index (χ3v) is 3.75. The largest absolute Gasteiger partial charge is 0.302 e. The van der Waals surface area contributed by atoms with Crippen molar-refractivity contribution in [2.75, 3.05) is 0 Å². The first-order valence-corrected chi connectivity index (χ1v) is 6.21. The maximum atomic E-state index is 3.64. The summed E-state index contributed by atoms with van der Waals surface area (Å²) in [5.74, 6) is 0. The Hall–Kier alpha value is -1.12. The monoisotopic (exact) mass is 273 g/mol. The van der Waals surface area contributed by atoms with Gasteiger partial charge < -0.3 is 5.32 Å². The predicted molar refractivity (Wildman–Crippen MR) is 69.3 cm³/mol. The zero-order valence-electron chi connectivity index (χ0n) is 8.78. The Kier molecular flexibility index (Phi) is 2.54. The molecule has 1 nitrogen and oxygen atoms in total. The van der Waals surface area contributed by atoms with Crippen molar-refractivity contribution in [1.29, 1.82) is 0 Å². The maximum absolute atomic E-state index is 3.64. The molecule has 16 heavy (non-hydrogen) atoms. The lowest BCUT2D eigenvalue weighted by Crippen LogP contribution is -2.13. The molecule has 2 heteroatoms. The van der Waals surface area contributed by atoms with Crippen molar-refractivity contribution in [2.24, 2.45) is 0 Å². The van der Waals surface area contributed by atoms with E-state index < -0.39 is 0 Å². The van der Waals surface area contributed by atoms with E-state index in [9.17, 15) is 0 Å². The fourth-order valence-electron chi connectivity index (χ4n) is 2.30. The zero-order chi connectivity index (χ0) is 11.0. The molecule has 0 saturated carbocycles. The zero-order valence-corrected chi connectivity index (χ0v) is 10.4. The van der Waals surface area contributed by atoms with Crippen molar-refractivity contribution in [3.8, 4) is 0 Å². The molecule has 0 spiro atoms. The van der Waals surface area contributed by atoms with Crippen molar-refractivity contribution in [3.63, 3.8) is 0 Å². The lowest BCUT2D eigenvalue weighted by atomic mass is 9.99. The van der Waals surface area contributed by atoms with Gasteiger partial charge >= 0.3 is 0 Å². The Morgan fingerprint density at radius 1 is 1.00 bits per heavy atom. The van der Waals surface area contributed by atoms with Crippen molar-refractivity contribution < 1.29 is 0 Å². The summed E-state index contributed by atoms with van der Waals surface area (Å²) in [5, 5.41) is 3.55. The second kappa shape index (κ2) is 4.04. The van der Waals surface area contributed by atoms with Gasteiger partial charge in [0.15, 0.2) is 0 Å². The van der Waals surface area contributed by atoms with Gasteiger partial charge in [-0.1, -0.05) is 58.4 Å². The van der Waals surface area contributed by atoms with Gasteiger partial charge in [0.05, 0.1) is 6.04 Å². The standard InChI is InChI=1S/C14H12BrN/c15-12-8-4-7-11-9-16-14(13(11)12)10-5-2-1-3-6-10/h1-8,14,16H,9H2. The molecule has 80 valence electrons. The van der Waals surface area contributed by atoms with Crippen molar-refractivity contribution in [3.05, 3.63) is 69.7 Å². The fraction of sp³-hybridized carbons (Fsp3) is 0.143. The van der Waals surface area contributed by atoms with Crippen LogP contribution in [-0.2, 0) is 6.54 Å². The highest BCUT2D eigenvalue weighted by atomic mass is 79.9. The van der Waals surface area contributed by atoms with Crippen LogP contribution in [-0.4, -0.2) is 0 Å². The lowest BCUT2D eigenvalue weighted by Gasteiger charge is -2.13. The van der Waals surface area contributed by atoms with Crippen LogP contribution in [0.15, 0.2) is 53.0 Å². The molecule has 0 aliphatic carbocycles. The highest BCUT2D eigenvalue weighted by molar-refractivity contribution is 9.10. The van der Waals surface area contributed by atoms with Gasteiger partial charge in [-0.25, -0.2) is 0 Å². The van der Waals surface area contributed by atoms with Gasteiger partial charge in [0.25, 0.3) is 0 Å². The van der Waals surface area contributed by atoms with Gasteiger partial charge in [-0.3, -0.25) is 0 Å². The van der Waals surface area contributed by atoms with E-state index in [0.29, 0.717) is 6.04 Å². The van der Waals surface area contributed by atoms with Crippen LogP contribution in [0, 0.1) is 0 Å². The van der Waals surface area contributed by atoms with Crippen molar-refractivity contribution >= 4 is 15.9 Å². The third kappa shape index (κ3) is 1.58. The number of fused-ring (bicyclic) bond motifs is 1. The molecule has 0 aromatic heterocycles. The Morgan fingerprint density at radius 2 is 1.81 bits per heavy atom. The summed E-state index contributed by atoms with van der Waals surface area (Å²) in [5.41, 5.74) is 4.10. The Balaban J connectivity index is 2.10. The summed E-state index contributed by atoms with van der Waals surface area (Å²) in [7, 11) is 0. The molecule has 0 fully saturated rings. The minimum Gasteiger partial charge on any atom is -0.302 e. The van der Waals surface area contributed by atoms with Crippen molar-refractivity contribution in [2.45, 2.75) is 12.6 Å². The van der Waals surface area contributed by atoms with Gasteiger partial charge in [-0.05, 0) is 22.8 Å². The van der Waals surface area contributed by atoms with Gasteiger partial charge in [-0.2, -0.15) is 0 Å². The molecule has 1 atom stereocenters. The first kappa shape index (κ1) is 10.1. The molecular weight excluding hydrogens is 262 g/mol. The fourth-order valence-corrected chi connectivity index (χ4v) is 2.94. The first-order valence-electron chi connectivity index (χ1n) is 5.42. The number of hydrogen-bond acceptors (Lipinski definition) is 1. The molecule has 1 heterocycles. The quantitative estimate of drug-likeness (QED) is 0.837. The van der Waals surface area contributed by atoms with Crippen LogP contribution in [0.25, 0.3) is 0 Å². The van der Waals surface area contributed by atoms with E-state index in [2.05, 4.69) is 69.8 Å². The summed E-state index contributed by atoms with van der Waals surface area (Å²) in [4.78, 5) is 0. The molecule has 3 rings (SSSR count). The molecule has 0 saturated heterocycles. The van der Waals surface area contributed by atoms with Gasteiger partial charge in [0.2, 0.25) is 0 Å². The van der Waals surface area contributed by atoms with Crippen LogP contribution in [0.3, 0.4) is 0 Å². The highest BCUT2D eigenvalue weighted by Crippen LogP contribution is 2.35. The molecule has 0 amide bonds. The Labute approximate surface area is 104 Å². The first-order chi connectivity index (χ1) is 7.86. The number of rotatable bonds is 1. The van der Waals surface area contributed by atoms with E-state index in [1.807, 2.05) is 0 Å². The predicted octanol–water partition coefficient (Wildman–Crippen LogP) is 3.64. The summed E-state index contributed by atoms with van der Waals surface area (Å²) in [6, 6.07) is 17.3. The third-order valence-electron chi connectivity index (χ3n) is 3.06. The van der Waals surface area contributed by atoms with Crippen LogP contribution in [0.2, 0.25) is 0 Å². The molecule has 1 unspecified atom stereocenters. The van der Waals surface area contributed by atoms with E-state index in [-0.39, 0.29) is 0 Å². The molecule has 1 N–H and O–H groups in total. The second-order valence-corrected chi connectivity index (χ2v) is 4.89. The van der Waals surface area contributed by atoms with Crippen LogP contribution in [0.4, 0.5) is 0 Å². The molecular formula is C14H12BrN. The summed E-state index contributed by atoms with van der Waals surface area (Å²) < 4.78 is 1.20. The number of benzene rings is 2. The average Bonchev–Trinajstić information content (AvgIpc) is 2.75. The summed E-state index contributed by atoms with van der Waals surface area (Å²) in [6.07, 6.45) is 0.